The maximum absolute atomic E-state index is 13.1. The molecular formula is C17H27N3O5S. The Balaban J connectivity index is 2.59. The van der Waals surface area contributed by atoms with Gasteiger partial charge in [-0.25, -0.2) is 8.42 Å². The van der Waals surface area contributed by atoms with Crippen molar-refractivity contribution < 1.29 is 23.1 Å². The number of amides is 1. The van der Waals surface area contributed by atoms with Gasteiger partial charge in [0.2, 0.25) is 10.0 Å². The third-order valence-electron chi connectivity index (χ3n) is 4.39. The van der Waals surface area contributed by atoms with Crippen LogP contribution in [0.1, 0.15) is 24.2 Å². The first-order valence-corrected chi connectivity index (χ1v) is 10.4. The number of nitrogens with one attached hydrogen (secondary N) is 2. The van der Waals surface area contributed by atoms with E-state index in [4.69, 9.17) is 4.74 Å². The minimum atomic E-state index is -3.54. The predicted molar refractivity (Wildman–Crippen MR) is 100.0 cm³/mol. The summed E-state index contributed by atoms with van der Waals surface area (Å²) >= 11 is 0. The Kier molecular flexibility index (Phi) is 6.48. The molecule has 0 aromatic heterocycles. The number of sulfonamides is 1. The Morgan fingerprint density at radius 2 is 2.12 bits per heavy atom. The van der Waals surface area contributed by atoms with E-state index >= 15 is 0 Å². The lowest BCUT2D eigenvalue weighted by atomic mass is 9.99. The number of carbonyl (C=O) groups excluding carboxylic acids is 1. The molecule has 26 heavy (non-hydrogen) atoms. The molecule has 0 unspecified atom stereocenters. The van der Waals surface area contributed by atoms with E-state index in [9.17, 15) is 18.3 Å². The number of likely N-dealkylation sites (N-methyl/N-ethyl adjacent to an activating group) is 1. The van der Waals surface area contributed by atoms with Crippen LogP contribution in [-0.4, -0.2) is 69.5 Å². The van der Waals surface area contributed by atoms with Gasteiger partial charge in [0, 0.05) is 19.0 Å². The third kappa shape index (κ3) is 4.66. The lowest BCUT2D eigenvalue weighted by Gasteiger charge is -2.37. The molecule has 0 fully saturated rings. The van der Waals surface area contributed by atoms with Gasteiger partial charge < -0.3 is 20.1 Å². The van der Waals surface area contributed by atoms with E-state index < -0.39 is 10.0 Å². The van der Waals surface area contributed by atoms with E-state index in [1.807, 2.05) is 6.92 Å². The van der Waals surface area contributed by atoms with Crippen LogP contribution in [0.15, 0.2) is 18.2 Å². The van der Waals surface area contributed by atoms with Crippen LogP contribution in [0.5, 0.6) is 5.75 Å². The van der Waals surface area contributed by atoms with E-state index in [1.165, 1.54) is 0 Å². The highest BCUT2D eigenvalue weighted by Crippen LogP contribution is 2.35. The van der Waals surface area contributed by atoms with E-state index in [0.29, 0.717) is 13.1 Å². The Bertz CT molecular complexity index is 753. The third-order valence-corrected chi connectivity index (χ3v) is 4.98. The predicted octanol–water partition coefficient (Wildman–Crippen LogP) is 0.498. The number of nitrogens with zero attached hydrogens (tertiary/aromatic N) is 1. The zero-order valence-electron chi connectivity index (χ0n) is 15.5. The number of aliphatic hydroxyl groups is 1. The fraction of sp³-hybridized carbons (Fsp3) is 0.588. The Hall–Kier alpha value is -1.84. The molecule has 0 radical (unpaired) electrons. The number of carbonyl (C=O) groups is 1. The number of hydrogen-bond acceptors (Lipinski definition) is 6. The van der Waals surface area contributed by atoms with Gasteiger partial charge in [0.15, 0.2) is 5.75 Å². The first-order chi connectivity index (χ1) is 12.2. The molecule has 0 aliphatic carbocycles. The van der Waals surface area contributed by atoms with Gasteiger partial charge in [-0.1, -0.05) is 13.0 Å². The summed E-state index contributed by atoms with van der Waals surface area (Å²) in [5.74, 6) is -0.113. The fourth-order valence-corrected chi connectivity index (χ4v) is 3.53. The second-order valence-corrected chi connectivity index (χ2v) is 8.49. The molecule has 8 nitrogen and oxygen atoms in total. The summed E-state index contributed by atoms with van der Waals surface area (Å²) in [7, 11) is -1.74. The first kappa shape index (κ1) is 20.5. The molecule has 1 heterocycles. The van der Waals surface area contributed by atoms with Crippen LogP contribution in [0.4, 0.5) is 5.69 Å². The van der Waals surface area contributed by atoms with Crippen molar-refractivity contribution in [3.05, 3.63) is 23.8 Å². The zero-order chi connectivity index (χ0) is 19.5. The molecule has 1 amide bonds. The monoisotopic (exact) mass is 385 g/mol. The molecule has 1 aliphatic rings. The number of fused-ring (bicyclic) bond motifs is 1. The Labute approximate surface area is 154 Å². The van der Waals surface area contributed by atoms with Crippen molar-refractivity contribution in [1.29, 1.82) is 0 Å². The number of aliphatic hydroxyl groups excluding tert-OH is 1. The van der Waals surface area contributed by atoms with Gasteiger partial charge in [-0.2, -0.15) is 0 Å². The summed E-state index contributed by atoms with van der Waals surface area (Å²) in [4.78, 5) is 14.7. The second kappa shape index (κ2) is 8.24. The summed E-state index contributed by atoms with van der Waals surface area (Å²) in [5, 5.41) is 12.6. The highest BCUT2D eigenvalue weighted by molar-refractivity contribution is 7.92. The van der Waals surface area contributed by atoms with Gasteiger partial charge in [0.05, 0.1) is 30.2 Å². The average molecular weight is 385 g/mol. The van der Waals surface area contributed by atoms with Gasteiger partial charge in [-0.15, -0.1) is 0 Å². The maximum atomic E-state index is 13.1. The quantitative estimate of drug-likeness (QED) is 0.658. The normalized spacial score (nSPS) is 22.0. The molecule has 3 atom stereocenters. The van der Waals surface area contributed by atoms with Crippen LogP contribution in [0.2, 0.25) is 0 Å². The van der Waals surface area contributed by atoms with Gasteiger partial charge >= 0.3 is 0 Å². The van der Waals surface area contributed by atoms with Crippen LogP contribution in [0.25, 0.3) is 0 Å². The molecule has 0 bridgehead atoms. The van der Waals surface area contributed by atoms with Gasteiger partial charge in [-0.3, -0.25) is 9.52 Å². The Morgan fingerprint density at radius 1 is 1.42 bits per heavy atom. The van der Waals surface area contributed by atoms with Crippen LogP contribution in [0.3, 0.4) is 0 Å². The minimum absolute atomic E-state index is 0.0279. The topological polar surface area (TPSA) is 108 Å². The van der Waals surface area contributed by atoms with E-state index in [0.717, 1.165) is 6.26 Å². The van der Waals surface area contributed by atoms with Crippen molar-refractivity contribution in [2.24, 2.45) is 5.92 Å². The highest BCUT2D eigenvalue weighted by Gasteiger charge is 2.33. The smallest absolute Gasteiger partial charge is 0.258 e. The van der Waals surface area contributed by atoms with Gasteiger partial charge in [-0.05, 0) is 26.1 Å². The van der Waals surface area contributed by atoms with E-state index in [2.05, 4.69) is 10.0 Å². The molecule has 0 spiro atoms. The second-order valence-electron chi connectivity index (χ2n) is 6.74. The number of benzene rings is 1. The van der Waals surface area contributed by atoms with Crippen molar-refractivity contribution in [1.82, 2.24) is 10.2 Å². The number of para-hydroxylation sites is 1. The largest absolute Gasteiger partial charge is 0.486 e. The average Bonchev–Trinajstić information content (AvgIpc) is 2.56. The lowest BCUT2D eigenvalue weighted by Crippen LogP contribution is -2.49. The molecule has 3 N–H and O–H groups in total. The van der Waals surface area contributed by atoms with E-state index in [-0.39, 0.29) is 47.6 Å². The summed E-state index contributed by atoms with van der Waals surface area (Å²) in [6.45, 7) is 4.54. The SMILES string of the molecule is CNC[C@H]1Oc2c(NS(C)(=O)=O)cccc2C(=O)N([C@@H](C)CO)C[C@H]1C. The van der Waals surface area contributed by atoms with Crippen LogP contribution in [0, 0.1) is 5.92 Å². The maximum Gasteiger partial charge on any atom is 0.258 e. The molecule has 0 saturated heterocycles. The molecule has 1 aliphatic heterocycles. The molecule has 146 valence electrons. The summed E-state index contributed by atoms with van der Waals surface area (Å²) in [5.41, 5.74) is 0.497. The summed E-state index contributed by atoms with van der Waals surface area (Å²) in [6.07, 6.45) is 0.771. The van der Waals surface area contributed by atoms with Crippen molar-refractivity contribution in [2.45, 2.75) is 26.0 Å². The number of hydrogen-bond donors (Lipinski definition) is 3. The van der Waals surface area contributed by atoms with Gasteiger partial charge in [0.25, 0.3) is 5.91 Å². The number of anilines is 1. The van der Waals surface area contributed by atoms with Crippen LogP contribution < -0.4 is 14.8 Å². The lowest BCUT2D eigenvalue weighted by molar-refractivity contribution is 0.0417. The van der Waals surface area contributed by atoms with E-state index in [1.54, 1.807) is 37.1 Å². The summed E-state index contributed by atoms with van der Waals surface area (Å²) < 4.78 is 31.9. The number of ether oxygens (including phenoxy) is 1. The van der Waals surface area contributed by atoms with Crippen molar-refractivity contribution in [2.75, 3.05) is 37.7 Å². The highest BCUT2D eigenvalue weighted by atomic mass is 32.2. The van der Waals surface area contributed by atoms with Gasteiger partial charge in [0.1, 0.15) is 6.10 Å². The van der Waals surface area contributed by atoms with Crippen molar-refractivity contribution in [3.8, 4) is 5.75 Å². The van der Waals surface area contributed by atoms with Crippen LogP contribution in [-0.2, 0) is 10.0 Å². The summed E-state index contributed by atoms with van der Waals surface area (Å²) in [6, 6.07) is 4.41. The first-order valence-electron chi connectivity index (χ1n) is 8.51. The van der Waals surface area contributed by atoms with Crippen molar-refractivity contribution >= 4 is 21.6 Å². The molecule has 9 heteroatoms. The minimum Gasteiger partial charge on any atom is -0.486 e. The molecule has 0 saturated carbocycles. The standard InChI is InChI=1S/C17H27N3O5S/c1-11-9-20(12(2)10-21)17(22)13-6-5-7-14(19-26(4,23)24)16(13)25-15(11)8-18-3/h5-7,11-12,15,18-19,21H,8-10H2,1-4H3/t11-,12+,15-/m1/s1. The zero-order valence-corrected chi connectivity index (χ0v) is 16.3. The van der Waals surface area contributed by atoms with Crippen LogP contribution >= 0.6 is 0 Å². The Morgan fingerprint density at radius 3 is 2.69 bits per heavy atom. The molecule has 1 aromatic carbocycles. The molecule has 2 rings (SSSR count). The molecule has 1 aromatic rings. The molecular weight excluding hydrogens is 358 g/mol. The van der Waals surface area contributed by atoms with Crippen molar-refractivity contribution in [3.63, 3.8) is 0 Å². The fourth-order valence-electron chi connectivity index (χ4n) is 2.97. The number of rotatable bonds is 6.